The molecule has 3 rings (SSSR count). The summed E-state index contributed by atoms with van der Waals surface area (Å²) in [5.41, 5.74) is 5.36. The molecule has 1 aliphatic heterocycles. The van der Waals surface area contributed by atoms with Crippen molar-refractivity contribution in [1.29, 1.82) is 0 Å². The van der Waals surface area contributed by atoms with Crippen molar-refractivity contribution in [1.82, 2.24) is 4.90 Å². The SMILES string of the molecule is NC1CCC2CN(Cc3ccc(F)c(C(F)(F)F)c3)CC12. The van der Waals surface area contributed by atoms with Crippen LogP contribution in [0.1, 0.15) is 24.0 Å². The van der Waals surface area contributed by atoms with E-state index in [-0.39, 0.29) is 6.04 Å². The number of alkyl halides is 3. The van der Waals surface area contributed by atoms with Crippen molar-refractivity contribution < 1.29 is 17.6 Å². The van der Waals surface area contributed by atoms with Crippen LogP contribution in [0.25, 0.3) is 0 Å². The van der Waals surface area contributed by atoms with Crippen LogP contribution in [0.4, 0.5) is 17.6 Å². The Balaban J connectivity index is 1.72. The molecule has 1 aliphatic carbocycles. The van der Waals surface area contributed by atoms with E-state index in [1.54, 1.807) is 0 Å². The first-order valence-electron chi connectivity index (χ1n) is 7.18. The van der Waals surface area contributed by atoms with Gasteiger partial charge in [-0.1, -0.05) is 6.07 Å². The van der Waals surface area contributed by atoms with Gasteiger partial charge in [-0.2, -0.15) is 13.2 Å². The van der Waals surface area contributed by atoms with Crippen LogP contribution >= 0.6 is 0 Å². The third-order valence-electron chi connectivity index (χ3n) is 4.73. The van der Waals surface area contributed by atoms with E-state index in [9.17, 15) is 17.6 Å². The lowest BCUT2D eigenvalue weighted by Gasteiger charge is -2.19. The van der Waals surface area contributed by atoms with E-state index in [4.69, 9.17) is 5.73 Å². The van der Waals surface area contributed by atoms with Gasteiger partial charge in [0.15, 0.2) is 0 Å². The topological polar surface area (TPSA) is 29.3 Å². The molecule has 6 heteroatoms. The number of nitrogens with zero attached hydrogens (tertiary/aromatic N) is 1. The summed E-state index contributed by atoms with van der Waals surface area (Å²) >= 11 is 0. The summed E-state index contributed by atoms with van der Waals surface area (Å²) < 4.78 is 51.4. The normalized spacial score (nSPS) is 29.9. The Hall–Kier alpha value is -1.14. The first-order valence-corrected chi connectivity index (χ1v) is 7.18. The van der Waals surface area contributed by atoms with E-state index in [1.807, 2.05) is 0 Å². The van der Waals surface area contributed by atoms with Crippen LogP contribution < -0.4 is 5.73 Å². The number of hydrogen-bond donors (Lipinski definition) is 1. The highest BCUT2D eigenvalue weighted by molar-refractivity contribution is 5.27. The second-order valence-electron chi connectivity index (χ2n) is 6.17. The van der Waals surface area contributed by atoms with Gasteiger partial charge in [0.25, 0.3) is 0 Å². The maximum atomic E-state index is 13.3. The summed E-state index contributed by atoms with van der Waals surface area (Å²) in [5.74, 6) is -0.207. The zero-order chi connectivity index (χ0) is 15.2. The summed E-state index contributed by atoms with van der Waals surface area (Å²) in [7, 11) is 0. The molecule has 21 heavy (non-hydrogen) atoms. The van der Waals surface area contributed by atoms with Gasteiger partial charge in [0.05, 0.1) is 5.56 Å². The second-order valence-corrected chi connectivity index (χ2v) is 6.17. The number of benzene rings is 1. The predicted octanol–water partition coefficient (Wildman–Crippen LogP) is 3.01. The summed E-state index contributed by atoms with van der Waals surface area (Å²) in [5, 5.41) is 0. The maximum absolute atomic E-state index is 13.3. The highest BCUT2D eigenvalue weighted by Gasteiger charge is 2.41. The third kappa shape index (κ3) is 2.92. The Morgan fingerprint density at radius 2 is 1.95 bits per heavy atom. The van der Waals surface area contributed by atoms with Gasteiger partial charge in [0, 0.05) is 25.7 Å². The molecule has 116 valence electrons. The molecule has 2 N–H and O–H groups in total. The van der Waals surface area contributed by atoms with Crippen LogP contribution in [0.5, 0.6) is 0 Å². The standard InChI is InChI=1S/C15H18F4N2/c16-13-3-1-9(5-12(13)15(17,18)19)6-21-7-10-2-4-14(20)11(10)8-21/h1,3,5,10-11,14H,2,4,6-8,20H2. The highest BCUT2D eigenvalue weighted by Crippen LogP contribution is 2.38. The van der Waals surface area contributed by atoms with Crippen molar-refractivity contribution in [3.8, 4) is 0 Å². The number of halogens is 4. The van der Waals surface area contributed by atoms with Crippen molar-refractivity contribution >= 4 is 0 Å². The summed E-state index contributed by atoms with van der Waals surface area (Å²) in [6, 6.07) is 3.46. The smallest absolute Gasteiger partial charge is 0.327 e. The zero-order valence-electron chi connectivity index (χ0n) is 11.5. The van der Waals surface area contributed by atoms with Gasteiger partial charge in [-0.15, -0.1) is 0 Å². The molecule has 1 saturated carbocycles. The molecule has 2 aliphatic rings. The average Bonchev–Trinajstić information content (AvgIpc) is 2.93. The molecule has 0 amide bonds. The van der Waals surface area contributed by atoms with Gasteiger partial charge in [-0.3, -0.25) is 4.90 Å². The molecule has 0 bridgehead atoms. The maximum Gasteiger partial charge on any atom is 0.419 e. The van der Waals surface area contributed by atoms with Crippen LogP contribution in [-0.2, 0) is 12.7 Å². The first kappa shape index (κ1) is 14.8. The van der Waals surface area contributed by atoms with Crippen molar-refractivity contribution in [3.05, 3.63) is 35.1 Å². The molecule has 1 aromatic rings. The van der Waals surface area contributed by atoms with Crippen LogP contribution in [-0.4, -0.2) is 24.0 Å². The van der Waals surface area contributed by atoms with Crippen molar-refractivity contribution in [3.63, 3.8) is 0 Å². The van der Waals surface area contributed by atoms with Crippen molar-refractivity contribution in [2.75, 3.05) is 13.1 Å². The lowest BCUT2D eigenvalue weighted by atomic mass is 9.98. The fourth-order valence-electron chi connectivity index (χ4n) is 3.68. The summed E-state index contributed by atoms with van der Waals surface area (Å²) in [4.78, 5) is 2.13. The molecule has 3 atom stereocenters. The van der Waals surface area contributed by atoms with Crippen LogP contribution in [0, 0.1) is 17.7 Å². The quantitative estimate of drug-likeness (QED) is 0.851. The van der Waals surface area contributed by atoms with E-state index in [2.05, 4.69) is 4.90 Å². The Morgan fingerprint density at radius 3 is 2.62 bits per heavy atom. The van der Waals surface area contributed by atoms with Gasteiger partial charge in [0.1, 0.15) is 5.82 Å². The monoisotopic (exact) mass is 302 g/mol. The van der Waals surface area contributed by atoms with E-state index in [1.165, 1.54) is 6.07 Å². The number of hydrogen-bond acceptors (Lipinski definition) is 2. The fraction of sp³-hybridized carbons (Fsp3) is 0.600. The number of likely N-dealkylation sites (tertiary alicyclic amines) is 1. The van der Waals surface area contributed by atoms with Crippen LogP contribution in [0.3, 0.4) is 0 Å². The average molecular weight is 302 g/mol. The van der Waals surface area contributed by atoms with E-state index < -0.39 is 17.6 Å². The molecular weight excluding hydrogens is 284 g/mol. The molecule has 0 spiro atoms. The lowest BCUT2D eigenvalue weighted by Crippen LogP contribution is -2.30. The lowest BCUT2D eigenvalue weighted by molar-refractivity contribution is -0.140. The first-order chi connectivity index (χ1) is 9.84. The van der Waals surface area contributed by atoms with Gasteiger partial charge in [0.2, 0.25) is 0 Å². The van der Waals surface area contributed by atoms with Gasteiger partial charge < -0.3 is 5.73 Å². The highest BCUT2D eigenvalue weighted by atomic mass is 19.4. The number of nitrogens with two attached hydrogens (primary N) is 1. The minimum Gasteiger partial charge on any atom is -0.327 e. The Morgan fingerprint density at radius 1 is 1.19 bits per heavy atom. The van der Waals surface area contributed by atoms with E-state index >= 15 is 0 Å². The molecular formula is C15H18F4N2. The summed E-state index contributed by atoms with van der Waals surface area (Å²) in [6.07, 6.45) is -2.51. The largest absolute Gasteiger partial charge is 0.419 e. The Bertz CT molecular complexity index is 529. The Labute approximate surface area is 120 Å². The van der Waals surface area contributed by atoms with Crippen molar-refractivity contribution in [2.45, 2.75) is 31.6 Å². The predicted molar refractivity (Wildman–Crippen MR) is 70.9 cm³/mol. The van der Waals surface area contributed by atoms with Crippen LogP contribution in [0.15, 0.2) is 18.2 Å². The second kappa shape index (κ2) is 5.25. The van der Waals surface area contributed by atoms with Crippen molar-refractivity contribution in [2.24, 2.45) is 17.6 Å². The molecule has 2 fully saturated rings. The van der Waals surface area contributed by atoms with E-state index in [0.717, 1.165) is 38.1 Å². The van der Waals surface area contributed by atoms with Gasteiger partial charge in [-0.05, 0) is 42.4 Å². The fourth-order valence-corrected chi connectivity index (χ4v) is 3.68. The van der Waals surface area contributed by atoms with Gasteiger partial charge >= 0.3 is 6.18 Å². The molecule has 2 nitrogen and oxygen atoms in total. The zero-order valence-corrected chi connectivity index (χ0v) is 11.5. The molecule has 3 unspecified atom stereocenters. The van der Waals surface area contributed by atoms with E-state index in [0.29, 0.717) is 23.9 Å². The molecule has 1 aromatic carbocycles. The Kier molecular flexibility index (Phi) is 3.69. The number of fused-ring (bicyclic) bond motifs is 1. The number of rotatable bonds is 2. The molecule has 1 heterocycles. The molecule has 0 aromatic heterocycles. The third-order valence-corrected chi connectivity index (χ3v) is 4.73. The molecule has 0 radical (unpaired) electrons. The minimum absolute atomic E-state index is 0.207. The van der Waals surface area contributed by atoms with Gasteiger partial charge in [-0.25, -0.2) is 4.39 Å². The molecule has 1 saturated heterocycles. The minimum atomic E-state index is -4.65. The summed E-state index contributed by atoms with van der Waals surface area (Å²) in [6.45, 7) is 2.12. The van der Waals surface area contributed by atoms with Crippen LogP contribution in [0.2, 0.25) is 0 Å².